The molecule has 0 aliphatic heterocycles. The third kappa shape index (κ3) is 5.15. The standard InChI is InChI=1S/C26H20N4O2/c27-15-14-19-10-12-23(13-11-19)32-18-21-8-4-5-9-24(21)30-26(31)22-16-28-25(29-17-22)20-6-2-1-3-7-20/h1-13,16-17H,14,18H2,(H,30,31). The second-order valence-electron chi connectivity index (χ2n) is 7.04. The predicted molar refractivity (Wildman–Crippen MR) is 122 cm³/mol. The minimum Gasteiger partial charge on any atom is -0.489 e. The summed E-state index contributed by atoms with van der Waals surface area (Å²) < 4.78 is 5.86. The fourth-order valence-electron chi connectivity index (χ4n) is 3.10. The molecule has 6 heteroatoms. The van der Waals surface area contributed by atoms with Crippen LogP contribution < -0.4 is 10.1 Å². The first kappa shape index (κ1) is 20.8. The van der Waals surface area contributed by atoms with Crippen LogP contribution in [0.2, 0.25) is 0 Å². The number of carbonyl (C=O) groups is 1. The van der Waals surface area contributed by atoms with Gasteiger partial charge in [-0.15, -0.1) is 0 Å². The predicted octanol–water partition coefficient (Wildman–Crippen LogP) is 5.04. The van der Waals surface area contributed by atoms with Crippen molar-refractivity contribution in [2.45, 2.75) is 13.0 Å². The van der Waals surface area contributed by atoms with E-state index >= 15 is 0 Å². The lowest BCUT2D eigenvalue weighted by atomic mass is 10.1. The lowest BCUT2D eigenvalue weighted by molar-refractivity contribution is 0.102. The number of rotatable bonds is 7. The van der Waals surface area contributed by atoms with E-state index in [0.29, 0.717) is 29.2 Å². The van der Waals surface area contributed by atoms with Gasteiger partial charge in [-0.25, -0.2) is 9.97 Å². The van der Waals surface area contributed by atoms with Gasteiger partial charge in [0.2, 0.25) is 0 Å². The van der Waals surface area contributed by atoms with E-state index in [1.807, 2.05) is 78.9 Å². The highest BCUT2D eigenvalue weighted by molar-refractivity contribution is 6.04. The molecule has 4 rings (SSSR count). The average molecular weight is 420 g/mol. The third-order valence-corrected chi connectivity index (χ3v) is 4.81. The number of benzene rings is 3. The molecular formula is C26H20N4O2. The van der Waals surface area contributed by atoms with Gasteiger partial charge in [-0.05, 0) is 23.8 Å². The molecular weight excluding hydrogens is 400 g/mol. The van der Waals surface area contributed by atoms with Crippen molar-refractivity contribution < 1.29 is 9.53 Å². The molecule has 0 aliphatic rings. The Morgan fingerprint density at radius 3 is 2.31 bits per heavy atom. The van der Waals surface area contributed by atoms with Crippen LogP contribution in [0.25, 0.3) is 11.4 Å². The number of hydrogen-bond donors (Lipinski definition) is 1. The van der Waals surface area contributed by atoms with Gasteiger partial charge in [0.15, 0.2) is 5.82 Å². The van der Waals surface area contributed by atoms with Crippen molar-refractivity contribution in [3.05, 3.63) is 108 Å². The van der Waals surface area contributed by atoms with Crippen molar-refractivity contribution in [1.82, 2.24) is 9.97 Å². The fourth-order valence-corrected chi connectivity index (χ4v) is 3.10. The highest BCUT2D eigenvalue weighted by Gasteiger charge is 2.11. The van der Waals surface area contributed by atoms with Crippen LogP contribution in [0.4, 0.5) is 5.69 Å². The Morgan fingerprint density at radius 1 is 0.906 bits per heavy atom. The van der Waals surface area contributed by atoms with E-state index < -0.39 is 0 Å². The zero-order chi connectivity index (χ0) is 22.2. The highest BCUT2D eigenvalue weighted by atomic mass is 16.5. The van der Waals surface area contributed by atoms with Gasteiger partial charge >= 0.3 is 0 Å². The summed E-state index contributed by atoms with van der Waals surface area (Å²) in [6.45, 7) is 0.289. The number of aromatic nitrogens is 2. The Labute approximate surface area is 186 Å². The van der Waals surface area contributed by atoms with Gasteiger partial charge in [0.05, 0.1) is 18.1 Å². The summed E-state index contributed by atoms with van der Waals surface area (Å²) >= 11 is 0. The molecule has 0 aliphatic carbocycles. The Bertz CT molecular complexity index is 1230. The first-order chi connectivity index (χ1) is 15.7. The van der Waals surface area contributed by atoms with Gasteiger partial charge in [-0.3, -0.25) is 4.79 Å². The minimum atomic E-state index is -0.294. The molecule has 1 amide bonds. The number of amides is 1. The number of hydrogen-bond acceptors (Lipinski definition) is 5. The van der Waals surface area contributed by atoms with E-state index in [1.165, 1.54) is 12.4 Å². The number of nitrogens with zero attached hydrogens (tertiary/aromatic N) is 3. The van der Waals surface area contributed by atoms with Crippen molar-refractivity contribution in [3.63, 3.8) is 0 Å². The molecule has 0 spiro atoms. The van der Waals surface area contributed by atoms with E-state index in [2.05, 4.69) is 21.4 Å². The molecule has 0 fully saturated rings. The number of anilines is 1. The van der Waals surface area contributed by atoms with Gasteiger partial charge in [0, 0.05) is 29.2 Å². The number of ether oxygens (including phenoxy) is 1. The van der Waals surface area contributed by atoms with Crippen molar-refractivity contribution in [1.29, 1.82) is 5.26 Å². The number of nitrogens with one attached hydrogen (secondary N) is 1. The summed E-state index contributed by atoms with van der Waals surface area (Å²) in [5.41, 5.74) is 3.69. The maximum atomic E-state index is 12.7. The van der Waals surface area contributed by atoms with Crippen molar-refractivity contribution in [2.75, 3.05) is 5.32 Å². The molecule has 4 aromatic rings. The maximum absolute atomic E-state index is 12.7. The monoisotopic (exact) mass is 420 g/mol. The van der Waals surface area contributed by atoms with Crippen molar-refractivity contribution in [3.8, 4) is 23.2 Å². The minimum absolute atomic E-state index is 0.289. The van der Waals surface area contributed by atoms with Crippen molar-refractivity contribution in [2.24, 2.45) is 0 Å². The second kappa shape index (κ2) is 10.0. The molecule has 0 saturated carbocycles. The van der Waals surface area contributed by atoms with Crippen LogP contribution in [0, 0.1) is 11.3 Å². The maximum Gasteiger partial charge on any atom is 0.258 e. The van der Waals surface area contributed by atoms with E-state index in [9.17, 15) is 4.79 Å². The van der Waals surface area contributed by atoms with Crippen LogP contribution >= 0.6 is 0 Å². The first-order valence-corrected chi connectivity index (χ1v) is 10.1. The molecule has 6 nitrogen and oxygen atoms in total. The zero-order valence-corrected chi connectivity index (χ0v) is 17.2. The lowest BCUT2D eigenvalue weighted by Crippen LogP contribution is -2.14. The third-order valence-electron chi connectivity index (χ3n) is 4.81. The number of carbonyl (C=O) groups excluding carboxylic acids is 1. The van der Waals surface area contributed by atoms with Gasteiger partial charge in [0.25, 0.3) is 5.91 Å². The number of para-hydroxylation sites is 1. The summed E-state index contributed by atoms with van der Waals surface area (Å²) in [6, 6.07) is 26.6. The van der Waals surface area contributed by atoms with E-state index in [1.54, 1.807) is 0 Å². The smallest absolute Gasteiger partial charge is 0.258 e. The SMILES string of the molecule is N#CCc1ccc(OCc2ccccc2NC(=O)c2cnc(-c3ccccc3)nc2)cc1. The summed E-state index contributed by atoms with van der Waals surface area (Å²) in [5.74, 6) is 0.965. The van der Waals surface area contributed by atoms with Crippen LogP contribution in [0.5, 0.6) is 5.75 Å². The van der Waals surface area contributed by atoms with Crippen LogP contribution in [0.15, 0.2) is 91.3 Å². The molecule has 1 aromatic heterocycles. The van der Waals surface area contributed by atoms with Crippen LogP contribution in [0.1, 0.15) is 21.5 Å². The molecule has 3 aromatic carbocycles. The van der Waals surface area contributed by atoms with E-state index in [4.69, 9.17) is 10.00 Å². The van der Waals surface area contributed by atoms with Crippen molar-refractivity contribution >= 4 is 11.6 Å². The van der Waals surface area contributed by atoms with E-state index in [-0.39, 0.29) is 12.5 Å². The molecule has 0 atom stereocenters. The average Bonchev–Trinajstić information content (AvgIpc) is 2.85. The second-order valence-corrected chi connectivity index (χ2v) is 7.04. The Balaban J connectivity index is 1.42. The Hall–Kier alpha value is -4.50. The van der Waals surface area contributed by atoms with E-state index in [0.717, 1.165) is 16.7 Å². The topological polar surface area (TPSA) is 87.9 Å². The highest BCUT2D eigenvalue weighted by Crippen LogP contribution is 2.20. The van der Waals surface area contributed by atoms with Crippen LogP contribution in [-0.4, -0.2) is 15.9 Å². The molecule has 0 bridgehead atoms. The Kier molecular flexibility index (Phi) is 6.49. The van der Waals surface area contributed by atoms with Gasteiger partial charge in [-0.2, -0.15) is 5.26 Å². The summed E-state index contributed by atoms with van der Waals surface area (Å²) in [4.78, 5) is 21.4. The molecule has 0 unspecified atom stereocenters. The normalized spacial score (nSPS) is 10.2. The van der Waals surface area contributed by atoms with Gasteiger partial charge < -0.3 is 10.1 Å². The Morgan fingerprint density at radius 2 is 1.59 bits per heavy atom. The molecule has 1 N–H and O–H groups in total. The molecule has 1 heterocycles. The molecule has 156 valence electrons. The zero-order valence-electron chi connectivity index (χ0n) is 17.2. The summed E-state index contributed by atoms with van der Waals surface area (Å²) in [7, 11) is 0. The van der Waals surface area contributed by atoms with Gasteiger partial charge in [-0.1, -0.05) is 60.7 Å². The lowest BCUT2D eigenvalue weighted by Gasteiger charge is -2.12. The quantitative estimate of drug-likeness (QED) is 0.452. The summed E-state index contributed by atoms with van der Waals surface area (Å²) in [5, 5.41) is 11.7. The summed E-state index contributed by atoms with van der Waals surface area (Å²) in [6.07, 6.45) is 3.41. The molecule has 32 heavy (non-hydrogen) atoms. The van der Waals surface area contributed by atoms with Gasteiger partial charge in [0.1, 0.15) is 12.4 Å². The first-order valence-electron chi connectivity index (χ1n) is 10.1. The molecule has 0 saturated heterocycles. The van der Waals surface area contributed by atoms with Crippen LogP contribution in [-0.2, 0) is 13.0 Å². The molecule has 0 radical (unpaired) electrons. The van der Waals surface area contributed by atoms with Crippen LogP contribution in [0.3, 0.4) is 0 Å². The largest absolute Gasteiger partial charge is 0.489 e. The fraction of sp³-hybridized carbons (Fsp3) is 0.0769. The number of nitriles is 1.